The molecule has 0 aromatic heterocycles. The first kappa shape index (κ1) is 13.9. The van der Waals surface area contributed by atoms with Crippen molar-refractivity contribution in [2.45, 2.75) is 18.9 Å². The predicted molar refractivity (Wildman–Crippen MR) is 67.8 cm³/mol. The molecule has 0 heterocycles. The van der Waals surface area contributed by atoms with Crippen molar-refractivity contribution in [1.29, 1.82) is 5.41 Å². The van der Waals surface area contributed by atoms with Crippen LogP contribution in [0.5, 0.6) is 0 Å². The van der Waals surface area contributed by atoms with E-state index in [0.29, 0.717) is 11.1 Å². The molecule has 6 heteroatoms. The molecular weight excluding hydrogens is 232 g/mol. The van der Waals surface area contributed by atoms with Crippen molar-refractivity contribution in [2.75, 3.05) is 0 Å². The molecule has 0 bridgehead atoms. The second-order valence-corrected chi connectivity index (χ2v) is 3.95. The van der Waals surface area contributed by atoms with E-state index < -0.39 is 11.9 Å². The molecule has 18 heavy (non-hydrogen) atoms. The summed E-state index contributed by atoms with van der Waals surface area (Å²) in [6.45, 7) is 0. The smallest absolute Gasteiger partial charge is 0.217 e. The number of Topliss-reactive ketones (excluding diaryl/α,β-unsaturated/α-hetero) is 1. The lowest BCUT2D eigenvalue weighted by atomic mass is 9.99. The summed E-state index contributed by atoms with van der Waals surface area (Å²) >= 11 is 0. The Morgan fingerprint density at radius 1 is 1.11 bits per heavy atom. The highest BCUT2D eigenvalue weighted by molar-refractivity contribution is 5.95. The molecule has 1 amide bonds. The number of nitrogens with two attached hydrogens (primary N) is 3. The summed E-state index contributed by atoms with van der Waals surface area (Å²) in [5, 5.41) is 7.24. The number of rotatable bonds is 6. The van der Waals surface area contributed by atoms with Gasteiger partial charge in [0.05, 0.1) is 6.04 Å². The molecule has 96 valence electrons. The van der Waals surface area contributed by atoms with Crippen LogP contribution in [-0.2, 0) is 9.59 Å². The molecule has 0 saturated heterocycles. The van der Waals surface area contributed by atoms with E-state index in [2.05, 4.69) is 0 Å². The fourth-order valence-electron chi connectivity index (χ4n) is 1.46. The second-order valence-electron chi connectivity index (χ2n) is 3.95. The van der Waals surface area contributed by atoms with Gasteiger partial charge in [-0.1, -0.05) is 24.3 Å². The van der Waals surface area contributed by atoms with Gasteiger partial charge < -0.3 is 17.2 Å². The lowest BCUT2D eigenvalue weighted by molar-refractivity contribution is -0.124. The summed E-state index contributed by atoms with van der Waals surface area (Å²) in [6.07, 6.45) is 0.0308. The van der Waals surface area contributed by atoms with E-state index in [9.17, 15) is 9.59 Å². The first-order chi connectivity index (χ1) is 8.41. The zero-order valence-electron chi connectivity index (χ0n) is 9.85. The van der Waals surface area contributed by atoms with Crippen LogP contribution in [0.3, 0.4) is 0 Å². The molecule has 1 aromatic carbocycles. The van der Waals surface area contributed by atoms with Gasteiger partial charge in [-0.05, 0) is 5.56 Å². The Morgan fingerprint density at radius 2 is 1.67 bits per heavy atom. The Balaban J connectivity index is 2.71. The van der Waals surface area contributed by atoms with Crippen molar-refractivity contribution in [3.05, 3.63) is 35.4 Å². The summed E-state index contributed by atoms with van der Waals surface area (Å²) in [4.78, 5) is 22.2. The Labute approximate surface area is 105 Å². The number of benzene rings is 1. The lowest BCUT2D eigenvalue weighted by Gasteiger charge is -2.11. The Morgan fingerprint density at radius 3 is 2.11 bits per heavy atom. The summed E-state index contributed by atoms with van der Waals surface area (Å²) in [5.74, 6) is -0.818. The fraction of sp³-hybridized carbons (Fsp3) is 0.250. The second kappa shape index (κ2) is 5.92. The van der Waals surface area contributed by atoms with E-state index in [-0.39, 0.29) is 24.5 Å². The minimum Gasteiger partial charge on any atom is -0.384 e. The summed E-state index contributed by atoms with van der Waals surface area (Å²) in [5.41, 5.74) is 17.2. The van der Waals surface area contributed by atoms with Crippen LogP contribution < -0.4 is 17.2 Å². The Bertz CT molecular complexity index is 467. The number of hydrogen-bond acceptors (Lipinski definition) is 4. The van der Waals surface area contributed by atoms with Gasteiger partial charge in [-0.3, -0.25) is 15.0 Å². The van der Waals surface area contributed by atoms with Crippen LogP contribution in [0.1, 0.15) is 30.0 Å². The number of hydrogen-bond donors (Lipinski definition) is 4. The lowest BCUT2D eigenvalue weighted by Crippen LogP contribution is -2.23. The minimum atomic E-state index is -0.787. The highest BCUT2D eigenvalue weighted by atomic mass is 16.1. The molecule has 0 radical (unpaired) electrons. The molecule has 1 rings (SSSR count). The van der Waals surface area contributed by atoms with Crippen molar-refractivity contribution < 1.29 is 9.59 Å². The Hall–Kier alpha value is -2.21. The number of amides is 1. The van der Waals surface area contributed by atoms with E-state index in [1.165, 1.54) is 0 Å². The Kier molecular flexibility index (Phi) is 4.56. The van der Waals surface area contributed by atoms with Crippen LogP contribution in [-0.4, -0.2) is 17.5 Å². The first-order valence-corrected chi connectivity index (χ1v) is 5.42. The molecular formula is C12H16N4O2. The SMILES string of the molecule is N=C(N)c1ccc(C(N)C(=O)CCC(N)=O)cc1. The maximum Gasteiger partial charge on any atom is 0.217 e. The van der Waals surface area contributed by atoms with Crippen LogP contribution in [0.2, 0.25) is 0 Å². The van der Waals surface area contributed by atoms with Gasteiger partial charge in [0, 0.05) is 18.4 Å². The average Bonchev–Trinajstić information content (AvgIpc) is 2.35. The first-order valence-electron chi connectivity index (χ1n) is 5.42. The molecule has 0 saturated carbocycles. The summed E-state index contributed by atoms with van der Waals surface area (Å²) in [6, 6.07) is 5.75. The van der Waals surface area contributed by atoms with E-state index in [0.717, 1.165) is 0 Å². The van der Waals surface area contributed by atoms with Crippen molar-refractivity contribution in [1.82, 2.24) is 0 Å². The van der Waals surface area contributed by atoms with Crippen molar-refractivity contribution in [2.24, 2.45) is 17.2 Å². The van der Waals surface area contributed by atoms with E-state index in [1.807, 2.05) is 0 Å². The highest BCUT2D eigenvalue weighted by Gasteiger charge is 2.16. The maximum absolute atomic E-state index is 11.7. The number of carbonyl (C=O) groups is 2. The van der Waals surface area contributed by atoms with Crippen molar-refractivity contribution >= 4 is 17.5 Å². The molecule has 1 atom stereocenters. The van der Waals surface area contributed by atoms with E-state index in [1.54, 1.807) is 24.3 Å². The topological polar surface area (TPSA) is 136 Å². The molecule has 0 aliphatic carbocycles. The molecule has 7 N–H and O–H groups in total. The third kappa shape index (κ3) is 3.67. The van der Waals surface area contributed by atoms with Crippen molar-refractivity contribution in [3.63, 3.8) is 0 Å². The van der Waals surface area contributed by atoms with Crippen LogP contribution >= 0.6 is 0 Å². The number of amidine groups is 1. The summed E-state index contributed by atoms with van der Waals surface area (Å²) < 4.78 is 0. The molecule has 6 nitrogen and oxygen atoms in total. The van der Waals surface area contributed by atoms with Gasteiger partial charge >= 0.3 is 0 Å². The van der Waals surface area contributed by atoms with Gasteiger partial charge in [0.2, 0.25) is 5.91 Å². The molecule has 0 fully saturated rings. The van der Waals surface area contributed by atoms with Gasteiger partial charge in [-0.25, -0.2) is 0 Å². The third-order valence-electron chi connectivity index (χ3n) is 2.55. The number of nitrogen functional groups attached to an aromatic ring is 1. The van der Waals surface area contributed by atoms with Gasteiger partial charge in [0.1, 0.15) is 5.84 Å². The fourth-order valence-corrected chi connectivity index (χ4v) is 1.46. The monoisotopic (exact) mass is 248 g/mol. The molecule has 1 unspecified atom stereocenters. The molecule has 0 spiro atoms. The van der Waals surface area contributed by atoms with Crippen LogP contribution in [0.25, 0.3) is 0 Å². The number of primary amides is 1. The normalized spacial score (nSPS) is 11.8. The quantitative estimate of drug-likeness (QED) is 0.409. The van der Waals surface area contributed by atoms with Gasteiger partial charge in [-0.15, -0.1) is 0 Å². The molecule has 1 aromatic rings. The van der Waals surface area contributed by atoms with Crippen LogP contribution in [0.4, 0.5) is 0 Å². The number of ketones is 1. The van der Waals surface area contributed by atoms with Crippen LogP contribution in [0, 0.1) is 5.41 Å². The minimum absolute atomic E-state index is 0.00192. The third-order valence-corrected chi connectivity index (χ3v) is 2.55. The van der Waals surface area contributed by atoms with Crippen molar-refractivity contribution in [3.8, 4) is 0 Å². The van der Waals surface area contributed by atoms with E-state index >= 15 is 0 Å². The average molecular weight is 248 g/mol. The highest BCUT2D eigenvalue weighted by Crippen LogP contribution is 2.14. The standard InChI is InChI=1S/C12H16N4O2/c13-10(18)6-5-9(17)11(14)7-1-3-8(4-2-7)12(15)16/h1-4,11H,5-6,14H2,(H2,13,18)(H3,15,16). The number of nitrogens with one attached hydrogen (secondary N) is 1. The zero-order chi connectivity index (χ0) is 13.7. The molecule has 0 aliphatic rings. The van der Waals surface area contributed by atoms with Gasteiger partial charge in [-0.2, -0.15) is 0 Å². The van der Waals surface area contributed by atoms with Gasteiger partial charge in [0.15, 0.2) is 5.78 Å². The number of carbonyl (C=O) groups excluding carboxylic acids is 2. The van der Waals surface area contributed by atoms with Crippen LogP contribution in [0.15, 0.2) is 24.3 Å². The predicted octanol–water partition coefficient (Wildman–Crippen LogP) is -0.195. The summed E-state index contributed by atoms with van der Waals surface area (Å²) in [7, 11) is 0. The van der Waals surface area contributed by atoms with E-state index in [4.69, 9.17) is 22.6 Å². The van der Waals surface area contributed by atoms with Gasteiger partial charge in [0.25, 0.3) is 0 Å². The largest absolute Gasteiger partial charge is 0.384 e. The maximum atomic E-state index is 11.7. The zero-order valence-corrected chi connectivity index (χ0v) is 9.85. The molecule has 0 aliphatic heterocycles.